The van der Waals surface area contributed by atoms with Crippen molar-refractivity contribution in [2.45, 2.75) is 26.8 Å². The lowest BCUT2D eigenvalue weighted by molar-refractivity contribution is 0.328. The number of likely N-dealkylation sites (N-methyl/N-ethyl adjacent to an activating group) is 2. The van der Waals surface area contributed by atoms with Gasteiger partial charge in [-0.05, 0) is 37.6 Å². The third-order valence-electron chi connectivity index (χ3n) is 2.86. The van der Waals surface area contributed by atoms with E-state index in [0.29, 0.717) is 0 Å². The van der Waals surface area contributed by atoms with E-state index in [1.807, 2.05) is 7.05 Å². The Morgan fingerprint density at radius 1 is 1.12 bits per heavy atom. The molecule has 2 heteroatoms. The molecule has 0 amide bonds. The zero-order valence-corrected chi connectivity index (χ0v) is 11.7. The Kier molecular flexibility index (Phi) is 6.23. The van der Waals surface area contributed by atoms with Crippen molar-refractivity contribution < 1.29 is 0 Å². The predicted octanol–water partition coefficient (Wildman–Crippen LogP) is 2.54. The number of hydrogen-bond acceptors (Lipinski definition) is 2. The molecule has 1 N–H and O–H groups in total. The summed E-state index contributed by atoms with van der Waals surface area (Å²) in [6, 6.07) is 9.05. The Hall–Kier alpha value is -0.860. The van der Waals surface area contributed by atoms with Crippen molar-refractivity contribution in [3.05, 3.63) is 35.4 Å². The van der Waals surface area contributed by atoms with E-state index in [2.05, 4.69) is 55.4 Å². The van der Waals surface area contributed by atoms with Gasteiger partial charge in [-0.2, -0.15) is 0 Å². The molecule has 0 fully saturated rings. The standard InChI is InChI=1S/C15H26N2/c1-13(2)11-14-5-7-15(8-6-14)12-17(4)10-9-16-3/h5-8,13,16H,9-12H2,1-4H3. The summed E-state index contributed by atoms with van der Waals surface area (Å²) < 4.78 is 0. The van der Waals surface area contributed by atoms with Crippen molar-refractivity contribution in [1.29, 1.82) is 0 Å². The minimum atomic E-state index is 0.735. The zero-order chi connectivity index (χ0) is 12.7. The van der Waals surface area contributed by atoms with Crippen molar-refractivity contribution in [2.24, 2.45) is 5.92 Å². The van der Waals surface area contributed by atoms with Crippen molar-refractivity contribution in [3.8, 4) is 0 Å². The summed E-state index contributed by atoms with van der Waals surface area (Å²) in [4.78, 5) is 2.34. The molecule has 1 aromatic carbocycles. The van der Waals surface area contributed by atoms with E-state index < -0.39 is 0 Å². The third kappa shape index (κ3) is 5.85. The number of hydrogen-bond donors (Lipinski definition) is 1. The predicted molar refractivity (Wildman–Crippen MR) is 75.2 cm³/mol. The van der Waals surface area contributed by atoms with Crippen molar-refractivity contribution in [1.82, 2.24) is 10.2 Å². The van der Waals surface area contributed by atoms with E-state index in [0.717, 1.165) is 25.6 Å². The lowest BCUT2D eigenvalue weighted by Gasteiger charge is -2.16. The van der Waals surface area contributed by atoms with Gasteiger partial charge in [-0.25, -0.2) is 0 Å². The molecule has 96 valence electrons. The van der Waals surface area contributed by atoms with Crippen LogP contribution in [0.15, 0.2) is 24.3 Å². The molecular weight excluding hydrogens is 208 g/mol. The zero-order valence-electron chi connectivity index (χ0n) is 11.7. The van der Waals surface area contributed by atoms with E-state index in [1.54, 1.807) is 0 Å². The minimum absolute atomic E-state index is 0.735. The lowest BCUT2D eigenvalue weighted by atomic mass is 10.0. The fourth-order valence-electron chi connectivity index (χ4n) is 1.95. The van der Waals surface area contributed by atoms with Crippen LogP contribution in [0.25, 0.3) is 0 Å². The highest BCUT2D eigenvalue weighted by Gasteiger charge is 2.01. The van der Waals surface area contributed by atoms with Gasteiger partial charge in [-0.15, -0.1) is 0 Å². The molecule has 0 spiro atoms. The number of rotatable bonds is 7. The van der Waals surface area contributed by atoms with E-state index >= 15 is 0 Å². The molecule has 1 aromatic rings. The summed E-state index contributed by atoms with van der Waals surface area (Å²) in [6.45, 7) is 7.69. The highest BCUT2D eigenvalue weighted by molar-refractivity contribution is 5.22. The van der Waals surface area contributed by atoms with E-state index in [9.17, 15) is 0 Å². The van der Waals surface area contributed by atoms with Gasteiger partial charge in [0.05, 0.1) is 0 Å². The summed E-state index contributed by atoms with van der Waals surface area (Å²) >= 11 is 0. The number of nitrogens with one attached hydrogen (secondary N) is 1. The summed E-state index contributed by atoms with van der Waals surface area (Å²) in [5, 5.41) is 3.17. The molecule has 0 unspecified atom stereocenters. The van der Waals surface area contributed by atoms with Gasteiger partial charge in [0.2, 0.25) is 0 Å². The molecule has 1 rings (SSSR count). The maximum Gasteiger partial charge on any atom is 0.0231 e. The topological polar surface area (TPSA) is 15.3 Å². The maximum atomic E-state index is 3.17. The average Bonchev–Trinajstić information content (AvgIpc) is 2.28. The van der Waals surface area contributed by atoms with Gasteiger partial charge in [0.1, 0.15) is 0 Å². The molecule has 0 saturated heterocycles. The molecule has 0 saturated carbocycles. The Bertz CT molecular complexity index is 303. The largest absolute Gasteiger partial charge is 0.318 e. The molecule has 0 bridgehead atoms. The summed E-state index contributed by atoms with van der Waals surface area (Å²) in [5.41, 5.74) is 2.85. The van der Waals surface area contributed by atoms with E-state index in [1.165, 1.54) is 17.5 Å². The van der Waals surface area contributed by atoms with Crippen LogP contribution in [0, 0.1) is 5.92 Å². The molecule has 0 heterocycles. The van der Waals surface area contributed by atoms with E-state index in [4.69, 9.17) is 0 Å². The summed E-state index contributed by atoms with van der Waals surface area (Å²) in [6.07, 6.45) is 1.18. The minimum Gasteiger partial charge on any atom is -0.318 e. The van der Waals surface area contributed by atoms with Crippen LogP contribution in [0.5, 0.6) is 0 Å². The van der Waals surface area contributed by atoms with Crippen LogP contribution in [-0.4, -0.2) is 32.1 Å². The second kappa shape index (κ2) is 7.46. The second-order valence-electron chi connectivity index (χ2n) is 5.26. The fourth-order valence-corrected chi connectivity index (χ4v) is 1.95. The van der Waals surface area contributed by atoms with Gasteiger partial charge in [-0.1, -0.05) is 38.1 Å². The van der Waals surface area contributed by atoms with Gasteiger partial charge < -0.3 is 10.2 Å². The first-order valence-electron chi connectivity index (χ1n) is 6.52. The van der Waals surface area contributed by atoms with Crippen LogP contribution in [0.4, 0.5) is 0 Å². The lowest BCUT2D eigenvalue weighted by Crippen LogP contribution is -2.26. The van der Waals surface area contributed by atoms with Crippen LogP contribution in [-0.2, 0) is 13.0 Å². The molecular formula is C15H26N2. The highest BCUT2D eigenvalue weighted by Crippen LogP contribution is 2.10. The second-order valence-corrected chi connectivity index (χ2v) is 5.26. The first-order valence-corrected chi connectivity index (χ1v) is 6.52. The molecule has 2 nitrogen and oxygen atoms in total. The highest BCUT2D eigenvalue weighted by atomic mass is 15.1. The SMILES string of the molecule is CNCCN(C)Cc1ccc(CC(C)C)cc1. The normalized spacial score (nSPS) is 11.4. The van der Waals surface area contributed by atoms with Crippen molar-refractivity contribution in [3.63, 3.8) is 0 Å². The fraction of sp³-hybridized carbons (Fsp3) is 0.600. The Labute approximate surface area is 106 Å². The molecule has 0 aromatic heterocycles. The summed E-state index contributed by atoms with van der Waals surface area (Å²) in [7, 11) is 4.16. The molecule has 0 aliphatic heterocycles. The molecule has 0 aliphatic carbocycles. The molecule has 0 radical (unpaired) electrons. The average molecular weight is 234 g/mol. The number of nitrogens with zero attached hydrogens (tertiary/aromatic N) is 1. The third-order valence-corrected chi connectivity index (χ3v) is 2.86. The van der Waals surface area contributed by atoms with Crippen LogP contribution < -0.4 is 5.32 Å². The Morgan fingerprint density at radius 2 is 1.71 bits per heavy atom. The molecule has 17 heavy (non-hydrogen) atoms. The molecule has 0 aliphatic rings. The van der Waals surface area contributed by atoms with Crippen molar-refractivity contribution in [2.75, 3.05) is 27.2 Å². The summed E-state index contributed by atoms with van der Waals surface area (Å²) in [5.74, 6) is 0.735. The van der Waals surface area contributed by atoms with Gasteiger partial charge >= 0.3 is 0 Å². The smallest absolute Gasteiger partial charge is 0.0231 e. The van der Waals surface area contributed by atoms with Gasteiger partial charge in [0.15, 0.2) is 0 Å². The van der Waals surface area contributed by atoms with Crippen molar-refractivity contribution >= 4 is 0 Å². The number of benzene rings is 1. The van der Waals surface area contributed by atoms with Crippen LogP contribution in [0.1, 0.15) is 25.0 Å². The van der Waals surface area contributed by atoms with Crippen LogP contribution >= 0.6 is 0 Å². The Balaban J connectivity index is 2.44. The molecule has 0 atom stereocenters. The maximum absolute atomic E-state index is 3.17. The quantitative estimate of drug-likeness (QED) is 0.780. The van der Waals surface area contributed by atoms with Gasteiger partial charge in [0, 0.05) is 19.6 Å². The Morgan fingerprint density at radius 3 is 2.24 bits per heavy atom. The first-order chi connectivity index (χ1) is 8.11. The van der Waals surface area contributed by atoms with Gasteiger partial charge in [0.25, 0.3) is 0 Å². The first kappa shape index (κ1) is 14.2. The van der Waals surface area contributed by atoms with Gasteiger partial charge in [-0.3, -0.25) is 0 Å². The van der Waals surface area contributed by atoms with Crippen LogP contribution in [0.2, 0.25) is 0 Å². The monoisotopic (exact) mass is 234 g/mol. The van der Waals surface area contributed by atoms with E-state index in [-0.39, 0.29) is 0 Å². The van der Waals surface area contributed by atoms with Crippen LogP contribution in [0.3, 0.4) is 0 Å².